The molecule has 2 rings (SSSR count). The third kappa shape index (κ3) is 4.13. The van der Waals surface area contributed by atoms with Crippen LogP contribution < -0.4 is 9.64 Å². The van der Waals surface area contributed by atoms with Crippen LogP contribution in [0.4, 0.5) is 19.0 Å². The van der Waals surface area contributed by atoms with Crippen molar-refractivity contribution < 1.29 is 17.9 Å². The highest BCUT2D eigenvalue weighted by Crippen LogP contribution is 2.23. The first kappa shape index (κ1) is 13.7. The van der Waals surface area contributed by atoms with E-state index < -0.39 is 6.36 Å². The third-order valence-corrected chi connectivity index (χ3v) is 2.87. The Balaban J connectivity index is 1.99. The summed E-state index contributed by atoms with van der Waals surface area (Å²) in [6.45, 7) is 0.546. The minimum atomic E-state index is -4.66. The summed E-state index contributed by atoms with van der Waals surface area (Å²) < 4.78 is 39.8. The molecule has 0 saturated heterocycles. The van der Waals surface area contributed by atoms with Crippen LogP contribution in [0.15, 0.2) is 29.6 Å². The van der Waals surface area contributed by atoms with Crippen LogP contribution in [-0.4, -0.2) is 18.4 Å². The standard InChI is InChI=1S/C12H10F3N2OS/c1-17(11-7-19-8-16-11)6-9-2-4-10(5-3-9)18-12(13,14)15/h2-5,7H,6H2,1H3. The summed E-state index contributed by atoms with van der Waals surface area (Å²) in [5.41, 5.74) is 3.60. The minimum absolute atomic E-state index is 0.221. The SMILES string of the molecule is CN(Cc1ccc(OC(F)(F)F)cc1)c1cs[c]n1. The van der Waals surface area contributed by atoms with Gasteiger partial charge >= 0.3 is 6.36 Å². The zero-order valence-corrected chi connectivity index (χ0v) is 10.8. The van der Waals surface area contributed by atoms with Gasteiger partial charge in [-0.3, -0.25) is 0 Å². The van der Waals surface area contributed by atoms with Gasteiger partial charge in [-0.15, -0.1) is 24.5 Å². The van der Waals surface area contributed by atoms with Crippen molar-refractivity contribution >= 4 is 17.2 Å². The Morgan fingerprint density at radius 3 is 2.53 bits per heavy atom. The van der Waals surface area contributed by atoms with Gasteiger partial charge in [-0.05, 0) is 17.7 Å². The molecule has 101 valence electrons. The molecule has 0 unspecified atom stereocenters. The van der Waals surface area contributed by atoms with E-state index in [1.807, 2.05) is 17.3 Å². The summed E-state index contributed by atoms with van der Waals surface area (Å²) in [4.78, 5) is 5.91. The van der Waals surface area contributed by atoms with Gasteiger partial charge in [0.1, 0.15) is 11.6 Å². The molecule has 0 aliphatic heterocycles. The van der Waals surface area contributed by atoms with E-state index >= 15 is 0 Å². The zero-order chi connectivity index (χ0) is 13.9. The van der Waals surface area contributed by atoms with Crippen LogP contribution in [0.25, 0.3) is 0 Å². The van der Waals surface area contributed by atoms with E-state index in [9.17, 15) is 13.2 Å². The number of hydrogen-bond acceptors (Lipinski definition) is 4. The Morgan fingerprint density at radius 1 is 1.32 bits per heavy atom. The summed E-state index contributed by atoms with van der Waals surface area (Å²) >= 11 is 1.36. The van der Waals surface area contributed by atoms with Crippen molar-refractivity contribution in [2.45, 2.75) is 12.9 Å². The number of aromatic nitrogens is 1. The van der Waals surface area contributed by atoms with Crippen LogP contribution in [0.1, 0.15) is 5.56 Å². The molecule has 0 aliphatic rings. The first-order chi connectivity index (χ1) is 8.94. The van der Waals surface area contributed by atoms with E-state index in [1.54, 1.807) is 12.1 Å². The van der Waals surface area contributed by atoms with Crippen LogP contribution in [-0.2, 0) is 6.54 Å². The number of benzene rings is 1. The van der Waals surface area contributed by atoms with Gasteiger partial charge in [0, 0.05) is 19.0 Å². The van der Waals surface area contributed by atoms with Gasteiger partial charge in [-0.25, -0.2) is 4.98 Å². The average molecular weight is 287 g/mol. The maximum Gasteiger partial charge on any atom is 0.573 e. The molecule has 0 amide bonds. The van der Waals surface area contributed by atoms with Crippen LogP contribution in [0, 0.1) is 5.51 Å². The number of halogens is 3. The Hall–Kier alpha value is -1.76. The van der Waals surface area contributed by atoms with Crippen LogP contribution >= 0.6 is 11.3 Å². The van der Waals surface area contributed by atoms with E-state index in [0.29, 0.717) is 6.54 Å². The fraction of sp³-hybridized carbons (Fsp3) is 0.250. The molecule has 0 aliphatic carbocycles. The maximum atomic E-state index is 12.0. The van der Waals surface area contributed by atoms with Crippen molar-refractivity contribution in [3.8, 4) is 5.75 Å². The molecular formula is C12H10F3N2OS. The highest BCUT2D eigenvalue weighted by molar-refractivity contribution is 7.07. The van der Waals surface area contributed by atoms with E-state index in [4.69, 9.17) is 0 Å². The maximum absolute atomic E-state index is 12.0. The molecule has 0 spiro atoms. The highest BCUT2D eigenvalue weighted by atomic mass is 32.1. The number of alkyl halides is 3. The summed E-state index contributed by atoms with van der Waals surface area (Å²) in [5.74, 6) is 0.557. The van der Waals surface area contributed by atoms with E-state index in [2.05, 4.69) is 15.2 Å². The van der Waals surface area contributed by atoms with Crippen molar-refractivity contribution in [1.29, 1.82) is 0 Å². The molecule has 0 saturated carbocycles. The Kier molecular flexibility index (Phi) is 3.94. The molecule has 2 aromatic rings. The second-order valence-electron chi connectivity index (χ2n) is 3.84. The van der Waals surface area contributed by atoms with Gasteiger partial charge in [-0.2, -0.15) is 0 Å². The first-order valence-corrected chi connectivity index (χ1v) is 6.19. The first-order valence-electron chi connectivity index (χ1n) is 5.31. The molecular weight excluding hydrogens is 277 g/mol. The van der Waals surface area contributed by atoms with E-state index in [-0.39, 0.29) is 5.75 Å². The largest absolute Gasteiger partial charge is 0.573 e. The van der Waals surface area contributed by atoms with Gasteiger partial charge in [0.25, 0.3) is 0 Å². The molecule has 1 aromatic carbocycles. The lowest BCUT2D eigenvalue weighted by Gasteiger charge is -2.16. The van der Waals surface area contributed by atoms with Gasteiger partial charge in [0.05, 0.1) is 0 Å². The van der Waals surface area contributed by atoms with Gasteiger partial charge in [0.15, 0.2) is 5.51 Å². The predicted molar refractivity (Wildman–Crippen MR) is 66.2 cm³/mol. The number of anilines is 1. The Labute approximate surface area is 112 Å². The normalized spacial score (nSPS) is 11.4. The number of hydrogen-bond donors (Lipinski definition) is 0. The lowest BCUT2D eigenvalue weighted by molar-refractivity contribution is -0.274. The summed E-state index contributed by atoms with van der Waals surface area (Å²) in [6.07, 6.45) is -4.66. The molecule has 1 aromatic heterocycles. The van der Waals surface area contributed by atoms with Crippen molar-refractivity contribution in [1.82, 2.24) is 4.98 Å². The topological polar surface area (TPSA) is 25.4 Å². The van der Waals surface area contributed by atoms with Crippen molar-refractivity contribution in [2.24, 2.45) is 0 Å². The number of rotatable bonds is 4. The molecule has 7 heteroatoms. The van der Waals surface area contributed by atoms with Crippen LogP contribution in [0.5, 0.6) is 5.75 Å². The molecule has 3 nitrogen and oxygen atoms in total. The molecule has 1 radical (unpaired) electrons. The number of nitrogens with zero attached hydrogens (tertiary/aromatic N) is 2. The number of ether oxygens (including phenoxy) is 1. The summed E-state index contributed by atoms with van der Waals surface area (Å²) in [6, 6.07) is 5.77. The van der Waals surface area contributed by atoms with Crippen molar-refractivity contribution in [3.05, 3.63) is 40.7 Å². The average Bonchev–Trinajstić information content (AvgIpc) is 2.83. The van der Waals surface area contributed by atoms with E-state index in [0.717, 1.165) is 11.4 Å². The van der Waals surface area contributed by atoms with Crippen LogP contribution in [0.3, 0.4) is 0 Å². The fourth-order valence-electron chi connectivity index (χ4n) is 1.51. The quantitative estimate of drug-likeness (QED) is 0.861. The fourth-order valence-corrected chi connectivity index (χ4v) is 2.04. The molecule has 0 bridgehead atoms. The smallest absolute Gasteiger partial charge is 0.406 e. The minimum Gasteiger partial charge on any atom is -0.406 e. The van der Waals surface area contributed by atoms with E-state index in [1.165, 1.54) is 23.5 Å². The summed E-state index contributed by atoms with van der Waals surface area (Å²) in [5, 5.41) is 1.85. The second kappa shape index (κ2) is 5.48. The Bertz CT molecular complexity index is 511. The van der Waals surface area contributed by atoms with Crippen LogP contribution in [0.2, 0.25) is 0 Å². The number of thiazole rings is 1. The molecule has 0 atom stereocenters. The van der Waals surface area contributed by atoms with Crippen molar-refractivity contribution in [2.75, 3.05) is 11.9 Å². The Morgan fingerprint density at radius 2 is 2.00 bits per heavy atom. The monoisotopic (exact) mass is 287 g/mol. The highest BCUT2D eigenvalue weighted by Gasteiger charge is 2.30. The van der Waals surface area contributed by atoms with Gasteiger partial charge in [-0.1, -0.05) is 12.1 Å². The lowest BCUT2D eigenvalue weighted by Crippen LogP contribution is -2.18. The summed E-state index contributed by atoms with van der Waals surface area (Å²) in [7, 11) is 1.85. The molecule has 0 N–H and O–H groups in total. The van der Waals surface area contributed by atoms with Crippen molar-refractivity contribution in [3.63, 3.8) is 0 Å². The molecule has 0 fully saturated rings. The molecule has 1 heterocycles. The van der Waals surface area contributed by atoms with Gasteiger partial charge < -0.3 is 9.64 Å². The molecule has 19 heavy (non-hydrogen) atoms. The third-order valence-electron chi connectivity index (χ3n) is 2.35. The second-order valence-corrected chi connectivity index (χ2v) is 4.50. The van der Waals surface area contributed by atoms with Gasteiger partial charge in [0.2, 0.25) is 0 Å². The lowest BCUT2D eigenvalue weighted by atomic mass is 10.2. The predicted octanol–water partition coefficient (Wildman–Crippen LogP) is 3.48. The zero-order valence-electron chi connectivity index (χ0n) is 9.94.